The first-order valence-corrected chi connectivity index (χ1v) is 5.68. The van der Waals surface area contributed by atoms with Gasteiger partial charge in [-0.25, -0.2) is 0 Å². The van der Waals surface area contributed by atoms with Crippen molar-refractivity contribution in [1.29, 1.82) is 0 Å². The van der Waals surface area contributed by atoms with Gasteiger partial charge in [-0.1, -0.05) is 23.9 Å². The summed E-state index contributed by atoms with van der Waals surface area (Å²) in [5.74, 6) is -0.599. The molecule has 0 aromatic rings. The van der Waals surface area contributed by atoms with Crippen LogP contribution in [-0.4, -0.2) is 11.4 Å². The van der Waals surface area contributed by atoms with Gasteiger partial charge in [0, 0.05) is 11.2 Å². The number of thioether (sulfide) groups is 1. The zero-order valence-electron chi connectivity index (χ0n) is 7.59. The van der Waals surface area contributed by atoms with Crippen molar-refractivity contribution >= 4 is 11.8 Å². The molecule has 0 nitrogen and oxygen atoms in total. The Morgan fingerprint density at radius 3 is 2.53 bits per heavy atom. The number of fused-ring (bicyclic) bond motifs is 5. The van der Waals surface area contributed by atoms with Crippen LogP contribution in [0.3, 0.4) is 0 Å². The van der Waals surface area contributed by atoms with Crippen LogP contribution in [0, 0.1) is 17.8 Å². The van der Waals surface area contributed by atoms with E-state index < -0.39 is 22.8 Å². The summed E-state index contributed by atoms with van der Waals surface area (Å²) in [7, 11) is 0. The Kier molecular flexibility index (Phi) is 1.83. The third kappa shape index (κ3) is 1.22. The minimum atomic E-state index is -4.51. The minimum Gasteiger partial charge on any atom is -0.199 e. The Hall–Kier alpha value is -0.450. The van der Waals surface area contributed by atoms with Gasteiger partial charge in [0.25, 0.3) is 0 Å². The molecule has 0 radical (unpaired) electrons. The number of alkyl halides is 3. The van der Waals surface area contributed by atoms with E-state index in [1.165, 1.54) is 0 Å². The number of allylic oxidation sites excluding steroid dienone is 3. The first kappa shape index (κ1) is 9.75. The molecule has 5 heteroatoms. The highest BCUT2D eigenvalue weighted by Crippen LogP contribution is 2.62. The molecule has 0 amide bonds. The van der Waals surface area contributed by atoms with Crippen molar-refractivity contribution in [2.75, 3.05) is 0 Å². The van der Waals surface area contributed by atoms with E-state index in [0.717, 1.165) is 18.2 Å². The van der Waals surface area contributed by atoms with Gasteiger partial charge in [-0.05, 0) is 18.3 Å². The lowest BCUT2D eigenvalue weighted by molar-refractivity contribution is -0.101. The lowest BCUT2D eigenvalue weighted by Crippen LogP contribution is -2.26. The van der Waals surface area contributed by atoms with Gasteiger partial charge in [-0.2, -0.15) is 17.6 Å². The molecule has 0 saturated heterocycles. The van der Waals surface area contributed by atoms with Crippen molar-refractivity contribution in [3.8, 4) is 0 Å². The molecule has 82 valence electrons. The molecule has 2 bridgehead atoms. The van der Waals surface area contributed by atoms with Crippen molar-refractivity contribution in [3.05, 3.63) is 22.9 Å². The van der Waals surface area contributed by atoms with E-state index in [1.807, 2.05) is 12.2 Å². The number of halogens is 4. The highest BCUT2D eigenvalue weighted by Gasteiger charge is 2.58. The van der Waals surface area contributed by atoms with E-state index in [0.29, 0.717) is 0 Å². The molecule has 0 N–H and O–H groups in total. The van der Waals surface area contributed by atoms with E-state index in [9.17, 15) is 17.6 Å². The average molecular weight is 236 g/mol. The zero-order valence-corrected chi connectivity index (χ0v) is 8.41. The topological polar surface area (TPSA) is 0 Å². The fourth-order valence-corrected chi connectivity index (χ4v) is 4.41. The zero-order chi connectivity index (χ0) is 10.8. The van der Waals surface area contributed by atoms with Gasteiger partial charge in [0.1, 0.15) is 0 Å². The van der Waals surface area contributed by atoms with Gasteiger partial charge < -0.3 is 0 Å². The first-order valence-electron chi connectivity index (χ1n) is 4.80. The monoisotopic (exact) mass is 236 g/mol. The predicted molar refractivity (Wildman–Crippen MR) is 49.8 cm³/mol. The normalized spacial score (nSPS) is 42.9. The summed E-state index contributed by atoms with van der Waals surface area (Å²) in [5, 5.41) is -1.22. The van der Waals surface area contributed by atoms with Crippen molar-refractivity contribution in [1.82, 2.24) is 0 Å². The molecule has 3 rings (SSSR count). The molecule has 1 fully saturated rings. The molecule has 0 spiro atoms. The maximum atomic E-state index is 13.3. The quantitative estimate of drug-likeness (QED) is 0.457. The van der Waals surface area contributed by atoms with Crippen LogP contribution in [0.2, 0.25) is 0 Å². The van der Waals surface area contributed by atoms with Crippen LogP contribution in [-0.2, 0) is 0 Å². The van der Waals surface area contributed by atoms with E-state index in [2.05, 4.69) is 0 Å². The second kappa shape index (κ2) is 2.81. The van der Waals surface area contributed by atoms with E-state index in [1.54, 1.807) is 0 Å². The SMILES string of the molecule is FC1=C(C(F)(F)F)[C@H]2[C@@H](S1)[C@H]1C=C[C@@H]2C1. The van der Waals surface area contributed by atoms with Crippen LogP contribution in [0.25, 0.3) is 0 Å². The molecule has 3 aliphatic rings. The second-order valence-corrected chi connectivity index (χ2v) is 5.38. The van der Waals surface area contributed by atoms with E-state index in [-0.39, 0.29) is 17.1 Å². The highest BCUT2D eigenvalue weighted by molar-refractivity contribution is 8.03. The van der Waals surface area contributed by atoms with Crippen molar-refractivity contribution < 1.29 is 17.6 Å². The Morgan fingerprint density at radius 1 is 1.20 bits per heavy atom. The molecule has 1 aliphatic heterocycles. The molecule has 2 aliphatic carbocycles. The van der Waals surface area contributed by atoms with Crippen molar-refractivity contribution in [2.24, 2.45) is 17.8 Å². The van der Waals surface area contributed by atoms with Gasteiger partial charge in [-0.3, -0.25) is 0 Å². The van der Waals surface area contributed by atoms with Crippen molar-refractivity contribution in [2.45, 2.75) is 17.8 Å². The molecule has 1 heterocycles. The predicted octanol–water partition coefficient (Wildman–Crippen LogP) is 3.67. The van der Waals surface area contributed by atoms with Crippen LogP contribution >= 0.6 is 11.8 Å². The van der Waals surface area contributed by atoms with Gasteiger partial charge >= 0.3 is 6.18 Å². The van der Waals surface area contributed by atoms with Gasteiger partial charge in [-0.15, -0.1) is 0 Å². The van der Waals surface area contributed by atoms with E-state index in [4.69, 9.17) is 0 Å². The summed E-state index contributed by atoms with van der Waals surface area (Å²) in [6, 6.07) is 0. The molecule has 15 heavy (non-hydrogen) atoms. The Labute approximate surface area is 88.4 Å². The first-order chi connectivity index (χ1) is 6.98. The Balaban J connectivity index is 2.02. The fourth-order valence-electron chi connectivity index (χ4n) is 2.93. The molecule has 0 aromatic carbocycles. The third-order valence-electron chi connectivity index (χ3n) is 3.48. The lowest BCUT2D eigenvalue weighted by Gasteiger charge is -2.23. The fraction of sp³-hybridized carbons (Fsp3) is 0.600. The number of hydrogen-bond acceptors (Lipinski definition) is 1. The van der Waals surface area contributed by atoms with Gasteiger partial charge in [0.05, 0.1) is 5.57 Å². The summed E-state index contributed by atoms with van der Waals surface area (Å²) in [6.07, 6.45) is 0.00613. The Morgan fingerprint density at radius 2 is 1.87 bits per heavy atom. The van der Waals surface area contributed by atoms with E-state index >= 15 is 0 Å². The second-order valence-electron chi connectivity index (χ2n) is 4.24. The largest absolute Gasteiger partial charge is 0.416 e. The lowest BCUT2D eigenvalue weighted by atomic mass is 9.86. The summed E-state index contributed by atoms with van der Waals surface area (Å²) < 4.78 is 51.2. The molecule has 1 saturated carbocycles. The van der Waals surface area contributed by atoms with Crippen LogP contribution in [0.4, 0.5) is 17.6 Å². The minimum absolute atomic E-state index is 0.0997. The molecule has 0 unspecified atom stereocenters. The summed E-state index contributed by atoms with van der Waals surface area (Å²) in [4.78, 5) is 0. The van der Waals surface area contributed by atoms with Crippen LogP contribution in [0.1, 0.15) is 6.42 Å². The van der Waals surface area contributed by atoms with Gasteiger partial charge in [0.15, 0.2) is 5.16 Å². The molecule has 0 aromatic heterocycles. The van der Waals surface area contributed by atoms with Crippen molar-refractivity contribution in [3.63, 3.8) is 0 Å². The maximum Gasteiger partial charge on any atom is 0.416 e. The smallest absolute Gasteiger partial charge is 0.199 e. The van der Waals surface area contributed by atoms with Crippen LogP contribution in [0.15, 0.2) is 22.9 Å². The summed E-state index contributed by atoms with van der Waals surface area (Å²) >= 11 is 0.776. The standard InChI is InChI=1S/C10H8F4S/c11-9-7(10(12,13)14)6-4-1-2-5(3-4)8(6)15-9/h1-2,4-6,8H,3H2/t4-,5+,6+,8+/m1/s1. The molecular formula is C10H8F4S. The molecular weight excluding hydrogens is 228 g/mol. The number of rotatable bonds is 0. The maximum absolute atomic E-state index is 13.3. The third-order valence-corrected chi connectivity index (χ3v) is 4.82. The van der Waals surface area contributed by atoms with Gasteiger partial charge in [0.2, 0.25) is 0 Å². The molecule has 4 atom stereocenters. The summed E-state index contributed by atoms with van der Waals surface area (Å²) in [5.41, 5.74) is -0.908. The highest BCUT2D eigenvalue weighted by atomic mass is 32.2. The average Bonchev–Trinajstić information content (AvgIpc) is 2.68. The Bertz CT molecular complexity index is 368. The van der Waals surface area contributed by atoms with Crippen LogP contribution < -0.4 is 0 Å². The van der Waals surface area contributed by atoms with Crippen LogP contribution in [0.5, 0.6) is 0 Å². The number of hydrogen-bond donors (Lipinski definition) is 0. The summed E-state index contributed by atoms with van der Waals surface area (Å²) in [6.45, 7) is 0.